The topological polar surface area (TPSA) is 70.3 Å². The van der Waals surface area contributed by atoms with Crippen molar-refractivity contribution in [2.24, 2.45) is 5.73 Å². The van der Waals surface area contributed by atoms with Crippen molar-refractivity contribution in [2.45, 2.75) is 33.2 Å². The molecule has 0 amide bonds. The van der Waals surface area contributed by atoms with Gasteiger partial charge in [-0.1, -0.05) is 0 Å². The summed E-state index contributed by atoms with van der Waals surface area (Å²) in [6, 6.07) is 1.67. The van der Waals surface area contributed by atoms with Crippen LogP contribution in [0.1, 0.15) is 26.6 Å². The SMILES string of the molecule is CCOc1cc(OCC(C)(C)N)nc(C)n1. The largest absolute Gasteiger partial charge is 0.478 e. The van der Waals surface area contributed by atoms with Crippen LogP contribution in [0.25, 0.3) is 0 Å². The molecular weight excluding hydrogens is 206 g/mol. The molecule has 0 aliphatic carbocycles. The van der Waals surface area contributed by atoms with E-state index in [0.29, 0.717) is 30.8 Å². The molecule has 0 fully saturated rings. The Balaban J connectivity index is 2.72. The zero-order valence-corrected chi connectivity index (χ0v) is 10.3. The molecule has 0 bridgehead atoms. The summed E-state index contributed by atoms with van der Waals surface area (Å²) in [6.45, 7) is 8.45. The van der Waals surface area contributed by atoms with Gasteiger partial charge >= 0.3 is 0 Å². The van der Waals surface area contributed by atoms with Crippen molar-refractivity contribution in [1.29, 1.82) is 0 Å². The van der Waals surface area contributed by atoms with E-state index in [1.54, 1.807) is 13.0 Å². The molecule has 0 radical (unpaired) electrons. The normalized spacial score (nSPS) is 11.3. The third-order valence-corrected chi connectivity index (χ3v) is 1.68. The van der Waals surface area contributed by atoms with Gasteiger partial charge in [-0.05, 0) is 27.7 Å². The molecule has 5 heteroatoms. The number of hydrogen-bond donors (Lipinski definition) is 1. The van der Waals surface area contributed by atoms with Crippen molar-refractivity contribution in [3.8, 4) is 11.8 Å². The third kappa shape index (κ3) is 4.44. The lowest BCUT2D eigenvalue weighted by atomic mass is 10.1. The molecule has 16 heavy (non-hydrogen) atoms. The summed E-state index contributed by atoms with van der Waals surface area (Å²) in [5.74, 6) is 1.64. The zero-order chi connectivity index (χ0) is 12.2. The monoisotopic (exact) mass is 225 g/mol. The fraction of sp³-hybridized carbons (Fsp3) is 0.636. The molecule has 90 valence electrons. The maximum Gasteiger partial charge on any atom is 0.220 e. The molecule has 0 saturated carbocycles. The highest BCUT2D eigenvalue weighted by molar-refractivity contribution is 5.20. The Bertz CT molecular complexity index is 348. The summed E-state index contributed by atoms with van der Waals surface area (Å²) in [7, 11) is 0. The first-order valence-electron chi connectivity index (χ1n) is 5.31. The van der Waals surface area contributed by atoms with Crippen LogP contribution in [0.3, 0.4) is 0 Å². The van der Waals surface area contributed by atoms with Crippen LogP contribution in [0.15, 0.2) is 6.07 Å². The predicted octanol–water partition coefficient (Wildman–Crippen LogP) is 1.30. The summed E-state index contributed by atoms with van der Waals surface area (Å²) in [4.78, 5) is 8.27. The van der Waals surface area contributed by atoms with E-state index < -0.39 is 0 Å². The lowest BCUT2D eigenvalue weighted by Gasteiger charge is -2.18. The highest BCUT2D eigenvalue weighted by atomic mass is 16.5. The van der Waals surface area contributed by atoms with Crippen molar-refractivity contribution in [3.05, 3.63) is 11.9 Å². The number of rotatable bonds is 5. The Hall–Kier alpha value is -1.36. The fourth-order valence-electron chi connectivity index (χ4n) is 1.07. The van der Waals surface area contributed by atoms with Gasteiger partial charge in [0.1, 0.15) is 12.4 Å². The van der Waals surface area contributed by atoms with Gasteiger partial charge in [0.2, 0.25) is 11.8 Å². The standard InChI is InChI=1S/C11H19N3O2/c1-5-15-9-6-10(14-8(2)13-9)16-7-11(3,4)12/h6H,5,7,12H2,1-4H3. The molecule has 1 aromatic rings. The Morgan fingerprint density at radius 3 is 2.31 bits per heavy atom. The molecule has 0 aliphatic rings. The Labute approximate surface area is 96.0 Å². The molecule has 1 heterocycles. The van der Waals surface area contributed by atoms with Crippen LogP contribution in [0.2, 0.25) is 0 Å². The van der Waals surface area contributed by atoms with Crippen LogP contribution < -0.4 is 15.2 Å². The summed E-state index contributed by atoms with van der Waals surface area (Å²) < 4.78 is 10.8. The van der Waals surface area contributed by atoms with E-state index in [4.69, 9.17) is 15.2 Å². The van der Waals surface area contributed by atoms with Gasteiger partial charge in [-0.25, -0.2) is 0 Å². The van der Waals surface area contributed by atoms with Crippen LogP contribution in [-0.4, -0.2) is 28.7 Å². The predicted molar refractivity (Wildman–Crippen MR) is 61.7 cm³/mol. The quantitative estimate of drug-likeness (QED) is 0.817. The van der Waals surface area contributed by atoms with E-state index in [-0.39, 0.29) is 5.54 Å². The summed E-state index contributed by atoms with van der Waals surface area (Å²) in [5, 5.41) is 0. The second-order valence-electron chi connectivity index (χ2n) is 4.30. The second-order valence-corrected chi connectivity index (χ2v) is 4.30. The van der Waals surface area contributed by atoms with Crippen LogP contribution in [0, 0.1) is 6.92 Å². The number of nitrogens with two attached hydrogens (primary N) is 1. The van der Waals surface area contributed by atoms with Gasteiger partial charge < -0.3 is 15.2 Å². The van der Waals surface area contributed by atoms with Gasteiger partial charge in [0.05, 0.1) is 12.7 Å². The molecule has 0 aliphatic heterocycles. The van der Waals surface area contributed by atoms with Crippen molar-refractivity contribution in [2.75, 3.05) is 13.2 Å². The van der Waals surface area contributed by atoms with E-state index in [9.17, 15) is 0 Å². The maximum atomic E-state index is 5.82. The lowest BCUT2D eigenvalue weighted by Crippen LogP contribution is -2.38. The fourth-order valence-corrected chi connectivity index (χ4v) is 1.07. The van der Waals surface area contributed by atoms with E-state index in [1.165, 1.54) is 0 Å². The van der Waals surface area contributed by atoms with E-state index >= 15 is 0 Å². The molecule has 2 N–H and O–H groups in total. The molecule has 1 aromatic heterocycles. The Morgan fingerprint density at radius 1 is 1.25 bits per heavy atom. The smallest absolute Gasteiger partial charge is 0.220 e. The Kier molecular flexibility index (Phi) is 4.06. The minimum Gasteiger partial charge on any atom is -0.478 e. The number of aryl methyl sites for hydroxylation is 1. The summed E-state index contributed by atoms with van der Waals surface area (Å²) in [5.41, 5.74) is 5.43. The molecule has 5 nitrogen and oxygen atoms in total. The molecule has 0 atom stereocenters. The zero-order valence-electron chi connectivity index (χ0n) is 10.3. The summed E-state index contributed by atoms with van der Waals surface area (Å²) >= 11 is 0. The minimum absolute atomic E-state index is 0.384. The third-order valence-electron chi connectivity index (χ3n) is 1.68. The van der Waals surface area contributed by atoms with E-state index in [2.05, 4.69) is 9.97 Å². The van der Waals surface area contributed by atoms with Gasteiger partial charge in [-0.2, -0.15) is 9.97 Å². The summed E-state index contributed by atoms with van der Waals surface area (Å²) in [6.07, 6.45) is 0. The lowest BCUT2D eigenvalue weighted by molar-refractivity contribution is 0.231. The van der Waals surface area contributed by atoms with Crippen molar-refractivity contribution in [3.63, 3.8) is 0 Å². The van der Waals surface area contributed by atoms with Crippen LogP contribution >= 0.6 is 0 Å². The number of ether oxygens (including phenoxy) is 2. The van der Waals surface area contributed by atoms with Crippen molar-refractivity contribution >= 4 is 0 Å². The highest BCUT2D eigenvalue weighted by Crippen LogP contribution is 2.16. The molecule has 0 unspecified atom stereocenters. The molecule has 1 rings (SSSR count). The Morgan fingerprint density at radius 2 is 1.81 bits per heavy atom. The first kappa shape index (κ1) is 12.7. The molecular formula is C11H19N3O2. The average molecular weight is 225 g/mol. The van der Waals surface area contributed by atoms with Gasteiger partial charge in [0, 0.05) is 5.54 Å². The first-order chi connectivity index (χ1) is 7.40. The number of aromatic nitrogens is 2. The number of hydrogen-bond acceptors (Lipinski definition) is 5. The van der Waals surface area contributed by atoms with E-state index in [1.807, 2.05) is 20.8 Å². The van der Waals surface area contributed by atoms with Crippen LogP contribution in [0.5, 0.6) is 11.8 Å². The first-order valence-corrected chi connectivity index (χ1v) is 5.31. The molecule has 0 saturated heterocycles. The molecule has 0 spiro atoms. The van der Waals surface area contributed by atoms with Crippen LogP contribution in [0.4, 0.5) is 0 Å². The van der Waals surface area contributed by atoms with Gasteiger partial charge in [-0.15, -0.1) is 0 Å². The van der Waals surface area contributed by atoms with Gasteiger partial charge in [0.25, 0.3) is 0 Å². The van der Waals surface area contributed by atoms with Gasteiger partial charge in [-0.3, -0.25) is 0 Å². The van der Waals surface area contributed by atoms with Crippen molar-refractivity contribution < 1.29 is 9.47 Å². The van der Waals surface area contributed by atoms with Gasteiger partial charge in [0.15, 0.2) is 0 Å². The van der Waals surface area contributed by atoms with Crippen LogP contribution in [-0.2, 0) is 0 Å². The second kappa shape index (κ2) is 5.12. The maximum absolute atomic E-state index is 5.82. The number of nitrogens with zero attached hydrogens (tertiary/aromatic N) is 2. The average Bonchev–Trinajstić information content (AvgIpc) is 2.13. The molecule has 0 aromatic carbocycles. The van der Waals surface area contributed by atoms with E-state index in [0.717, 1.165) is 0 Å². The highest BCUT2D eigenvalue weighted by Gasteiger charge is 2.12. The minimum atomic E-state index is -0.384. The van der Waals surface area contributed by atoms with Crippen molar-refractivity contribution in [1.82, 2.24) is 9.97 Å².